The summed E-state index contributed by atoms with van der Waals surface area (Å²) in [5.41, 5.74) is 0.140. The van der Waals surface area contributed by atoms with Crippen LogP contribution >= 0.6 is 0 Å². The highest BCUT2D eigenvalue weighted by Crippen LogP contribution is 2.15. The first-order chi connectivity index (χ1) is 7.44. The second-order valence-electron chi connectivity index (χ2n) is 3.43. The number of aliphatic hydroxyl groups is 2. The molecular weight excluding hydrogens is 212 g/mol. The van der Waals surface area contributed by atoms with Crippen LogP contribution in [0.5, 0.6) is 5.75 Å². The third-order valence-electron chi connectivity index (χ3n) is 1.93. The minimum absolute atomic E-state index is 0.0179. The Morgan fingerprint density at radius 3 is 2.38 bits per heavy atom. The summed E-state index contributed by atoms with van der Waals surface area (Å²) in [6, 6.07) is 5.29. The summed E-state index contributed by atoms with van der Waals surface area (Å²) in [7, 11) is 0. The minimum atomic E-state index is -2.44. The molecule has 0 bridgehead atoms. The first-order valence-electron chi connectivity index (χ1n) is 4.92. The molecule has 0 fully saturated rings. The van der Waals surface area contributed by atoms with E-state index in [1.807, 2.05) is 0 Å². The van der Waals surface area contributed by atoms with Crippen LogP contribution in [0.2, 0.25) is 0 Å². The summed E-state index contributed by atoms with van der Waals surface area (Å²) >= 11 is 0. The van der Waals surface area contributed by atoms with E-state index in [2.05, 4.69) is 4.74 Å². The van der Waals surface area contributed by atoms with Crippen LogP contribution in [0.1, 0.15) is 30.1 Å². The number of phenols is 1. The molecule has 0 radical (unpaired) electrons. The predicted octanol–water partition coefficient (Wildman–Crippen LogP) is 0.987. The van der Waals surface area contributed by atoms with Gasteiger partial charge in [0, 0.05) is 6.42 Å². The van der Waals surface area contributed by atoms with Gasteiger partial charge in [-0.3, -0.25) is 0 Å². The van der Waals surface area contributed by atoms with Gasteiger partial charge in [0.1, 0.15) is 5.75 Å². The largest absolute Gasteiger partial charge is 0.508 e. The van der Waals surface area contributed by atoms with Gasteiger partial charge in [0.25, 0.3) is 0 Å². The Hall–Kier alpha value is -1.59. The molecule has 1 aromatic rings. The van der Waals surface area contributed by atoms with Crippen molar-refractivity contribution in [2.75, 3.05) is 0 Å². The molecule has 3 N–H and O–H groups in total. The average molecular weight is 226 g/mol. The van der Waals surface area contributed by atoms with Crippen LogP contribution in [0.15, 0.2) is 24.3 Å². The summed E-state index contributed by atoms with van der Waals surface area (Å²) in [5, 5.41) is 27.5. The number of carbonyl (C=O) groups is 1. The highest BCUT2D eigenvalue weighted by molar-refractivity contribution is 5.89. The third-order valence-corrected chi connectivity index (χ3v) is 1.93. The maximum Gasteiger partial charge on any atom is 0.342 e. The first-order valence-corrected chi connectivity index (χ1v) is 4.92. The van der Waals surface area contributed by atoms with Gasteiger partial charge in [0.2, 0.25) is 0 Å². The van der Waals surface area contributed by atoms with E-state index in [1.165, 1.54) is 24.3 Å². The molecule has 0 spiro atoms. The van der Waals surface area contributed by atoms with Gasteiger partial charge in [-0.15, -0.1) is 0 Å². The summed E-state index contributed by atoms with van der Waals surface area (Å²) in [4.78, 5) is 11.4. The van der Waals surface area contributed by atoms with E-state index in [4.69, 9.17) is 5.11 Å². The average Bonchev–Trinajstić information content (AvgIpc) is 2.17. The standard InChI is InChI=1S/C11H14O5/c1-2-7-11(14,15)16-10(13)8-3-5-9(12)6-4-8/h3-6,12,14-15H,2,7H2,1H3. The van der Waals surface area contributed by atoms with Gasteiger partial charge in [-0.05, 0) is 30.7 Å². The molecule has 88 valence electrons. The molecular formula is C11H14O5. The Balaban J connectivity index is 2.69. The quantitative estimate of drug-likeness (QED) is 0.526. The monoisotopic (exact) mass is 226 g/mol. The molecule has 0 saturated heterocycles. The lowest BCUT2D eigenvalue weighted by Crippen LogP contribution is -2.34. The zero-order valence-electron chi connectivity index (χ0n) is 8.88. The van der Waals surface area contributed by atoms with Crippen molar-refractivity contribution in [2.45, 2.75) is 25.7 Å². The van der Waals surface area contributed by atoms with Crippen molar-refractivity contribution in [3.8, 4) is 5.75 Å². The lowest BCUT2D eigenvalue weighted by molar-refractivity contribution is -0.310. The molecule has 0 amide bonds. The fourth-order valence-corrected chi connectivity index (χ4v) is 1.18. The van der Waals surface area contributed by atoms with E-state index in [0.29, 0.717) is 6.42 Å². The number of aromatic hydroxyl groups is 1. The van der Waals surface area contributed by atoms with E-state index in [1.54, 1.807) is 6.92 Å². The van der Waals surface area contributed by atoms with E-state index in [9.17, 15) is 15.0 Å². The molecule has 0 aliphatic heterocycles. The second-order valence-corrected chi connectivity index (χ2v) is 3.43. The van der Waals surface area contributed by atoms with Crippen LogP contribution in [0.4, 0.5) is 0 Å². The predicted molar refractivity (Wildman–Crippen MR) is 55.6 cm³/mol. The summed E-state index contributed by atoms with van der Waals surface area (Å²) in [5.74, 6) is -3.27. The lowest BCUT2D eigenvalue weighted by Gasteiger charge is -2.20. The highest BCUT2D eigenvalue weighted by Gasteiger charge is 2.27. The minimum Gasteiger partial charge on any atom is -0.508 e. The molecule has 1 rings (SSSR count). The number of rotatable bonds is 4. The van der Waals surface area contributed by atoms with Gasteiger partial charge < -0.3 is 20.1 Å². The maximum absolute atomic E-state index is 11.4. The highest BCUT2D eigenvalue weighted by atomic mass is 16.8. The third kappa shape index (κ3) is 3.52. The number of hydrogen-bond acceptors (Lipinski definition) is 5. The summed E-state index contributed by atoms with van der Waals surface area (Å²) in [6.45, 7) is 1.73. The molecule has 0 unspecified atom stereocenters. The Kier molecular flexibility index (Phi) is 3.87. The van der Waals surface area contributed by atoms with Crippen molar-refractivity contribution in [1.29, 1.82) is 0 Å². The van der Waals surface area contributed by atoms with Crippen LogP contribution in [-0.2, 0) is 4.74 Å². The SMILES string of the molecule is CCCC(O)(O)OC(=O)c1ccc(O)cc1. The van der Waals surface area contributed by atoms with Crippen molar-refractivity contribution in [1.82, 2.24) is 0 Å². The van der Waals surface area contributed by atoms with Crippen LogP contribution < -0.4 is 0 Å². The molecule has 5 nitrogen and oxygen atoms in total. The fourth-order valence-electron chi connectivity index (χ4n) is 1.18. The molecule has 1 aromatic carbocycles. The molecule has 0 aliphatic carbocycles. The summed E-state index contributed by atoms with van der Waals surface area (Å²) < 4.78 is 4.49. The number of ether oxygens (including phenoxy) is 1. The molecule has 16 heavy (non-hydrogen) atoms. The zero-order valence-corrected chi connectivity index (χ0v) is 8.88. The fraction of sp³-hybridized carbons (Fsp3) is 0.364. The van der Waals surface area contributed by atoms with Crippen molar-refractivity contribution < 1.29 is 24.9 Å². The van der Waals surface area contributed by atoms with Gasteiger partial charge in [0.05, 0.1) is 5.56 Å². The van der Waals surface area contributed by atoms with Crippen LogP contribution in [-0.4, -0.2) is 27.3 Å². The zero-order chi connectivity index (χ0) is 12.2. The van der Waals surface area contributed by atoms with Crippen molar-refractivity contribution in [2.24, 2.45) is 0 Å². The van der Waals surface area contributed by atoms with Gasteiger partial charge in [0.15, 0.2) is 0 Å². The number of hydrogen-bond donors (Lipinski definition) is 3. The number of benzene rings is 1. The smallest absolute Gasteiger partial charge is 0.342 e. The topological polar surface area (TPSA) is 87.0 Å². The maximum atomic E-state index is 11.4. The van der Waals surface area contributed by atoms with Gasteiger partial charge in [-0.1, -0.05) is 6.92 Å². The van der Waals surface area contributed by atoms with Gasteiger partial charge >= 0.3 is 11.9 Å². The van der Waals surface area contributed by atoms with E-state index >= 15 is 0 Å². The van der Waals surface area contributed by atoms with Crippen LogP contribution in [0, 0.1) is 0 Å². The second kappa shape index (κ2) is 4.96. The molecule has 0 heterocycles. The molecule has 0 atom stereocenters. The van der Waals surface area contributed by atoms with Crippen molar-refractivity contribution >= 4 is 5.97 Å². The van der Waals surface area contributed by atoms with Gasteiger partial charge in [-0.2, -0.15) is 0 Å². The van der Waals surface area contributed by atoms with Crippen molar-refractivity contribution in [3.63, 3.8) is 0 Å². The van der Waals surface area contributed by atoms with E-state index in [0.717, 1.165) is 0 Å². The number of esters is 1. The molecule has 0 saturated carbocycles. The van der Waals surface area contributed by atoms with E-state index in [-0.39, 0.29) is 17.7 Å². The molecule has 0 aliphatic rings. The summed E-state index contributed by atoms with van der Waals surface area (Å²) in [6.07, 6.45) is 0.409. The van der Waals surface area contributed by atoms with Crippen molar-refractivity contribution in [3.05, 3.63) is 29.8 Å². The Labute approximate surface area is 92.9 Å². The normalized spacial score (nSPS) is 11.2. The van der Waals surface area contributed by atoms with E-state index < -0.39 is 11.9 Å². The van der Waals surface area contributed by atoms with Gasteiger partial charge in [-0.25, -0.2) is 4.79 Å². The van der Waals surface area contributed by atoms with Crippen LogP contribution in [0.25, 0.3) is 0 Å². The molecule has 5 heteroatoms. The Bertz CT molecular complexity index is 355. The first kappa shape index (κ1) is 12.5. The Morgan fingerprint density at radius 2 is 1.88 bits per heavy atom. The Morgan fingerprint density at radius 1 is 1.31 bits per heavy atom. The molecule has 0 aromatic heterocycles. The number of phenolic OH excluding ortho intramolecular Hbond substituents is 1. The number of carbonyl (C=O) groups excluding carboxylic acids is 1. The lowest BCUT2D eigenvalue weighted by atomic mass is 10.2. The van der Waals surface area contributed by atoms with Crippen LogP contribution in [0.3, 0.4) is 0 Å².